The van der Waals surface area contributed by atoms with Crippen LogP contribution in [0.2, 0.25) is 0 Å². The molecule has 2 atom stereocenters. The SMILES string of the molecule is C[C@H](Sc1ccccc1C(=O)OCC(=O)C(C)(C)C)C(=O)N[C@H]1CCS(=O)(=O)C1. The Hall–Kier alpha value is -1.87. The Morgan fingerprint density at radius 2 is 1.90 bits per heavy atom. The number of nitrogens with one attached hydrogen (secondary N) is 1. The van der Waals surface area contributed by atoms with Crippen LogP contribution in [0.15, 0.2) is 29.2 Å². The molecule has 9 heteroatoms. The summed E-state index contributed by atoms with van der Waals surface area (Å²) in [7, 11) is -3.08. The van der Waals surface area contributed by atoms with Crippen LogP contribution in [-0.2, 0) is 24.2 Å². The van der Waals surface area contributed by atoms with E-state index in [2.05, 4.69) is 5.32 Å². The van der Waals surface area contributed by atoms with Crippen LogP contribution in [0.1, 0.15) is 44.5 Å². The van der Waals surface area contributed by atoms with Gasteiger partial charge in [-0.3, -0.25) is 9.59 Å². The smallest absolute Gasteiger partial charge is 0.339 e. The molecule has 1 aliphatic rings. The van der Waals surface area contributed by atoms with Crippen molar-refractivity contribution in [3.63, 3.8) is 0 Å². The van der Waals surface area contributed by atoms with Crippen LogP contribution in [-0.4, -0.2) is 55.5 Å². The van der Waals surface area contributed by atoms with Gasteiger partial charge in [-0.25, -0.2) is 13.2 Å². The number of sulfone groups is 1. The number of carbonyl (C=O) groups excluding carboxylic acids is 3. The molecule has 0 saturated carbocycles. The summed E-state index contributed by atoms with van der Waals surface area (Å²) in [5.41, 5.74) is -0.322. The molecular weight excluding hydrogens is 414 g/mol. The van der Waals surface area contributed by atoms with Crippen molar-refractivity contribution >= 4 is 39.3 Å². The van der Waals surface area contributed by atoms with E-state index < -0.39 is 26.5 Å². The second-order valence-corrected chi connectivity index (χ2v) is 11.7. The molecule has 1 aromatic carbocycles. The highest BCUT2D eigenvalue weighted by Crippen LogP contribution is 2.28. The van der Waals surface area contributed by atoms with Crippen LogP contribution in [0, 0.1) is 5.41 Å². The average molecular weight is 442 g/mol. The summed E-state index contributed by atoms with van der Waals surface area (Å²) in [6.07, 6.45) is 0.413. The first-order valence-electron chi connectivity index (χ1n) is 9.36. The molecule has 0 aromatic heterocycles. The van der Waals surface area contributed by atoms with Crippen molar-refractivity contribution in [2.75, 3.05) is 18.1 Å². The summed E-state index contributed by atoms with van der Waals surface area (Å²) in [4.78, 5) is 37.4. The van der Waals surface area contributed by atoms with Crippen molar-refractivity contribution in [3.05, 3.63) is 29.8 Å². The van der Waals surface area contributed by atoms with Crippen molar-refractivity contribution in [1.82, 2.24) is 5.32 Å². The third-order valence-electron chi connectivity index (χ3n) is 4.53. The largest absolute Gasteiger partial charge is 0.454 e. The summed E-state index contributed by atoms with van der Waals surface area (Å²) in [6.45, 7) is 6.64. The third-order valence-corrected chi connectivity index (χ3v) is 7.48. The number of amides is 1. The number of esters is 1. The van der Waals surface area contributed by atoms with E-state index in [1.807, 2.05) is 0 Å². The number of hydrogen-bond acceptors (Lipinski definition) is 7. The van der Waals surface area contributed by atoms with E-state index in [1.54, 1.807) is 52.0 Å². The number of Topliss-reactive ketones (excluding diaryl/α,β-unsaturated/α-hetero) is 1. The zero-order valence-electron chi connectivity index (χ0n) is 17.1. The van der Waals surface area contributed by atoms with E-state index in [4.69, 9.17) is 4.74 Å². The summed E-state index contributed by atoms with van der Waals surface area (Å²) in [5, 5.41) is 2.22. The molecule has 7 nitrogen and oxygen atoms in total. The molecule has 0 spiro atoms. The quantitative estimate of drug-likeness (QED) is 0.511. The van der Waals surface area contributed by atoms with E-state index >= 15 is 0 Å². The van der Waals surface area contributed by atoms with E-state index in [0.717, 1.165) is 0 Å². The highest BCUT2D eigenvalue weighted by molar-refractivity contribution is 8.00. The fourth-order valence-electron chi connectivity index (χ4n) is 2.63. The maximum atomic E-state index is 12.4. The Bertz CT molecular complexity index is 888. The van der Waals surface area contributed by atoms with Crippen LogP contribution in [0.3, 0.4) is 0 Å². The molecule has 1 aliphatic heterocycles. The fraction of sp³-hybridized carbons (Fsp3) is 0.550. The summed E-state index contributed by atoms with van der Waals surface area (Å²) < 4.78 is 28.2. The highest BCUT2D eigenvalue weighted by Gasteiger charge is 2.30. The number of benzene rings is 1. The summed E-state index contributed by atoms with van der Waals surface area (Å²) >= 11 is 1.18. The second kappa shape index (κ2) is 9.30. The normalized spacial score (nSPS) is 19.4. The zero-order valence-corrected chi connectivity index (χ0v) is 18.7. The van der Waals surface area contributed by atoms with Crippen LogP contribution in [0.5, 0.6) is 0 Å². The Balaban J connectivity index is 1.99. The fourth-order valence-corrected chi connectivity index (χ4v) is 5.30. The van der Waals surface area contributed by atoms with Crippen molar-refractivity contribution in [2.24, 2.45) is 5.41 Å². The van der Waals surface area contributed by atoms with E-state index in [-0.39, 0.29) is 41.4 Å². The first-order chi connectivity index (χ1) is 13.4. The second-order valence-electron chi connectivity index (χ2n) is 8.11. The minimum atomic E-state index is -3.08. The highest BCUT2D eigenvalue weighted by atomic mass is 32.2. The Kier molecular flexibility index (Phi) is 7.50. The van der Waals surface area contributed by atoms with E-state index in [0.29, 0.717) is 11.3 Å². The van der Waals surface area contributed by atoms with E-state index in [9.17, 15) is 22.8 Å². The van der Waals surface area contributed by atoms with Gasteiger partial charge in [-0.15, -0.1) is 11.8 Å². The summed E-state index contributed by atoms with van der Waals surface area (Å²) in [6, 6.07) is 6.34. The maximum Gasteiger partial charge on any atom is 0.339 e. The van der Waals surface area contributed by atoms with Crippen molar-refractivity contribution in [2.45, 2.75) is 50.3 Å². The van der Waals surface area contributed by atoms with Gasteiger partial charge in [0.25, 0.3) is 0 Å². The van der Waals surface area contributed by atoms with Gasteiger partial charge in [-0.1, -0.05) is 32.9 Å². The lowest BCUT2D eigenvalue weighted by molar-refractivity contribution is -0.129. The maximum absolute atomic E-state index is 12.4. The van der Waals surface area contributed by atoms with Gasteiger partial charge in [-0.05, 0) is 25.5 Å². The molecule has 160 valence electrons. The van der Waals surface area contributed by atoms with Gasteiger partial charge in [0.2, 0.25) is 5.91 Å². The number of ketones is 1. The molecule has 0 aliphatic carbocycles. The number of ether oxygens (including phenoxy) is 1. The van der Waals surface area contributed by atoms with Gasteiger partial charge >= 0.3 is 5.97 Å². The predicted molar refractivity (Wildman–Crippen MR) is 112 cm³/mol. The van der Waals surface area contributed by atoms with E-state index in [1.165, 1.54) is 11.8 Å². The topological polar surface area (TPSA) is 107 Å². The van der Waals surface area contributed by atoms with Gasteiger partial charge in [0.15, 0.2) is 22.2 Å². The molecule has 29 heavy (non-hydrogen) atoms. The monoisotopic (exact) mass is 441 g/mol. The number of carbonyl (C=O) groups is 3. The third kappa shape index (κ3) is 6.85. The molecule has 0 unspecified atom stereocenters. The molecule has 1 saturated heterocycles. The van der Waals surface area contributed by atoms with Crippen LogP contribution < -0.4 is 5.32 Å². The molecule has 0 bridgehead atoms. The molecule has 2 rings (SSSR count). The molecule has 1 amide bonds. The van der Waals surface area contributed by atoms with Gasteiger partial charge in [-0.2, -0.15) is 0 Å². The standard InChI is InChI=1S/C20H27NO6S2/c1-13(18(23)21-14-9-10-29(25,26)12-14)28-16-8-6-5-7-15(16)19(24)27-11-17(22)20(2,3)4/h5-8,13-14H,9-12H2,1-4H3,(H,21,23)/t13-,14-/m0/s1. The Labute approximate surface area is 175 Å². The lowest BCUT2D eigenvalue weighted by atomic mass is 9.91. The lowest BCUT2D eigenvalue weighted by Gasteiger charge is -2.18. The van der Waals surface area contributed by atoms with Crippen molar-refractivity contribution < 1.29 is 27.5 Å². The first-order valence-corrected chi connectivity index (χ1v) is 12.1. The molecule has 1 aromatic rings. The van der Waals surface area contributed by atoms with Gasteiger partial charge < -0.3 is 10.1 Å². The number of thioether (sulfide) groups is 1. The first kappa shape index (κ1) is 23.4. The van der Waals surface area contributed by atoms with Crippen LogP contribution >= 0.6 is 11.8 Å². The summed E-state index contributed by atoms with van der Waals surface area (Å²) in [5.74, 6) is -1.05. The van der Waals surface area contributed by atoms with Crippen LogP contribution in [0.25, 0.3) is 0 Å². The Morgan fingerprint density at radius 3 is 2.48 bits per heavy atom. The molecule has 1 heterocycles. The number of hydrogen-bond donors (Lipinski definition) is 1. The predicted octanol–water partition coefficient (Wildman–Crippen LogP) is 2.24. The Morgan fingerprint density at radius 1 is 1.24 bits per heavy atom. The van der Waals surface area contributed by atoms with Crippen molar-refractivity contribution in [3.8, 4) is 0 Å². The minimum Gasteiger partial charge on any atom is -0.454 e. The van der Waals surface area contributed by atoms with Gasteiger partial charge in [0.1, 0.15) is 0 Å². The van der Waals surface area contributed by atoms with Gasteiger partial charge in [0.05, 0.1) is 22.3 Å². The molecule has 1 fully saturated rings. The lowest BCUT2D eigenvalue weighted by Crippen LogP contribution is -2.40. The molecule has 0 radical (unpaired) electrons. The molecular formula is C20H27NO6S2. The average Bonchev–Trinajstić information content (AvgIpc) is 2.97. The van der Waals surface area contributed by atoms with Crippen molar-refractivity contribution in [1.29, 1.82) is 0 Å². The zero-order chi connectivity index (χ0) is 21.8. The minimum absolute atomic E-state index is 0.0408. The number of rotatable bonds is 7. The van der Waals surface area contributed by atoms with Crippen LogP contribution in [0.4, 0.5) is 0 Å². The molecule has 1 N–H and O–H groups in total. The van der Waals surface area contributed by atoms with Gasteiger partial charge in [0, 0.05) is 16.4 Å².